The Labute approximate surface area is 152 Å². The number of anilines is 1. The maximum absolute atomic E-state index is 11.9. The van der Waals surface area contributed by atoms with Crippen molar-refractivity contribution in [3.63, 3.8) is 0 Å². The van der Waals surface area contributed by atoms with Crippen LogP contribution in [0.2, 0.25) is 0 Å². The lowest BCUT2D eigenvalue weighted by atomic mass is 10.2. The number of nitrogens with zero attached hydrogens (tertiary/aromatic N) is 3. The van der Waals surface area contributed by atoms with E-state index in [2.05, 4.69) is 23.2 Å². The molecule has 3 aromatic rings. The third-order valence-corrected chi connectivity index (χ3v) is 4.53. The molecule has 1 aliphatic rings. The molecule has 1 fully saturated rings. The number of imidazole rings is 1. The number of rotatable bonds is 8. The van der Waals surface area contributed by atoms with E-state index in [1.54, 1.807) is 0 Å². The van der Waals surface area contributed by atoms with Gasteiger partial charge in [0.25, 0.3) is 0 Å². The minimum Gasteiger partial charge on any atom is -0.491 e. The smallest absolute Gasteiger partial charge is 0.139 e. The van der Waals surface area contributed by atoms with Crippen molar-refractivity contribution >= 4 is 11.3 Å². The molecular weight excluding hydrogens is 333 g/mol. The largest absolute Gasteiger partial charge is 0.491 e. The number of aromatic nitrogens is 2. The van der Waals surface area contributed by atoms with Crippen LogP contribution in [0, 0.1) is 0 Å². The Morgan fingerprint density at radius 2 is 1.88 bits per heavy atom. The summed E-state index contributed by atoms with van der Waals surface area (Å²) in [5, 5.41) is 0. The molecule has 6 heteroatoms. The van der Waals surface area contributed by atoms with Gasteiger partial charge < -0.3 is 18.8 Å². The van der Waals surface area contributed by atoms with Crippen LogP contribution >= 0.6 is 0 Å². The number of fused-ring (bicyclic) bond motifs is 1. The average Bonchev–Trinajstić information content (AvgIpc) is 3.04. The Kier molecular flexibility index (Phi) is 5.02. The molecule has 0 aliphatic carbocycles. The summed E-state index contributed by atoms with van der Waals surface area (Å²) in [6.45, 7) is 2.71. The number of hydrogen-bond acceptors (Lipinski definition) is 4. The second-order valence-corrected chi connectivity index (χ2v) is 6.29. The summed E-state index contributed by atoms with van der Waals surface area (Å²) in [6, 6.07) is 12.1. The van der Waals surface area contributed by atoms with E-state index in [0.717, 1.165) is 35.7 Å². The fraction of sp³-hybridized carbons (Fsp3) is 0.350. The van der Waals surface area contributed by atoms with Gasteiger partial charge in [-0.05, 0) is 36.8 Å². The summed E-state index contributed by atoms with van der Waals surface area (Å²) in [4.78, 5) is 7.11. The van der Waals surface area contributed by atoms with Crippen molar-refractivity contribution in [3.05, 3.63) is 48.8 Å². The van der Waals surface area contributed by atoms with Gasteiger partial charge >= 0.3 is 0 Å². The van der Waals surface area contributed by atoms with Gasteiger partial charge in [-0.3, -0.25) is 0 Å². The molecule has 2 aromatic heterocycles. The quantitative estimate of drug-likeness (QED) is 0.579. The molecule has 136 valence electrons. The second kappa shape index (κ2) is 7.74. The van der Waals surface area contributed by atoms with E-state index in [1.165, 1.54) is 12.1 Å². The van der Waals surface area contributed by atoms with E-state index in [-0.39, 0.29) is 6.61 Å². The molecule has 0 saturated carbocycles. The molecule has 26 heavy (non-hydrogen) atoms. The minimum absolute atomic E-state index is 0.121. The Balaban J connectivity index is 1.43. The van der Waals surface area contributed by atoms with Crippen LogP contribution in [0.25, 0.3) is 16.9 Å². The number of ether oxygens (including phenoxy) is 2. The van der Waals surface area contributed by atoms with Crippen LogP contribution in [0.15, 0.2) is 48.8 Å². The predicted octanol–water partition coefficient (Wildman–Crippen LogP) is 3.58. The summed E-state index contributed by atoms with van der Waals surface area (Å²) >= 11 is 0. The predicted molar refractivity (Wildman–Crippen MR) is 99.7 cm³/mol. The zero-order valence-electron chi connectivity index (χ0n) is 14.6. The first kappa shape index (κ1) is 16.8. The number of benzene rings is 1. The van der Waals surface area contributed by atoms with Gasteiger partial charge in [0.1, 0.15) is 24.7 Å². The van der Waals surface area contributed by atoms with Crippen molar-refractivity contribution in [1.82, 2.24) is 9.38 Å². The van der Waals surface area contributed by atoms with Crippen molar-refractivity contribution in [2.75, 3.05) is 44.5 Å². The molecule has 0 radical (unpaired) electrons. The summed E-state index contributed by atoms with van der Waals surface area (Å²) in [6.07, 6.45) is 5.37. The first-order valence-corrected chi connectivity index (χ1v) is 8.94. The average molecular weight is 355 g/mol. The zero-order chi connectivity index (χ0) is 17.8. The maximum atomic E-state index is 11.9. The summed E-state index contributed by atoms with van der Waals surface area (Å²) in [7, 11) is 0. The van der Waals surface area contributed by atoms with Crippen molar-refractivity contribution in [2.45, 2.75) is 6.42 Å². The number of hydrogen-bond donors (Lipinski definition) is 0. The molecule has 1 aliphatic heterocycles. The normalized spacial score (nSPS) is 13.8. The van der Waals surface area contributed by atoms with E-state index in [1.807, 2.05) is 34.9 Å². The first-order chi connectivity index (χ1) is 12.8. The monoisotopic (exact) mass is 355 g/mol. The lowest BCUT2D eigenvalue weighted by Crippen LogP contribution is -2.36. The highest BCUT2D eigenvalue weighted by molar-refractivity contribution is 5.66. The molecule has 0 atom stereocenters. The molecule has 0 spiro atoms. The van der Waals surface area contributed by atoms with Crippen LogP contribution in [-0.4, -0.2) is 49.0 Å². The molecule has 1 saturated heterocycles. The van der Waals surface area contributed by atoms with Gasteiger partial charge in [-0.1, -0.05) is 0 Å². The molecule has 3 heterocycles. The second-order valence-electron chi connectivity index (χ2n) is 6.29. The molecular formula is C20H22FN3O2. The molecule has 5 nitrogen and oxygen atoms in total. The minimum atomic E-state index is -0.465. The fourth-order valence-electron chi connectivity index (χ4n) is 2.98. The highest BCUT2D eigenvalue weighted by atomic mass is 19.1. The van der Waals surface area contributed by atoms with Gasteiger partial charge in [0.2, 0.25) is 0 Å². The molecule has 0 N–H and O–H groups in total. The highest BCUT2D eigenvalue weighted by Gasteiger charge is 2.15. The van der Waals surface area contributed by atoms with Gasteiger partial charge in [-0.25, -0.2) is 9.37 Å². The lowest BCUT2D eigenvalue weighted by molar-refractivity contribution is 0.0897. The Morgan fingerprint density at radius 3 is 2.62 bits per heavy atom. The maximum Gasteiger partial charge on any atom is 0.139 e. The lowest BCUT2D eigenvalue weighted by Gasteiger charge is -2.33. The van der Waals surface area contributed by atoms with Crippen LogP contribution in [0.4, 0.5) is 10.1 Å². The van der Waals surface area contributed by atoms with Gasteiger partial charge in [0.15, 0.2) is 0 Å². The van der Waals surface area contributed by atoms with Gasteiger partial charge in [-0.2, -0.15) is 0 Å². The van der Waals surface area contributed by atoms with Crippen molar-refractivity contribution in [3.8, 4) is 17.0 Å². The molecule has 0 unspecified atom stereocenters. The van der Waals surface area contributed by atoms with E-state index < -0.39 is 6.67 Å². The summed E-state index contributed by atoms with van der Waals surface area (Å²) in [5.74, 6) is 0.765. The van der Waals surface area contributed by atoms with E-state index >= 15 is 0 Å². The van der Waals surface area contributed by atoms with Crippen molar-refractivity contribution in [2.24, 2.45) is 0 Å². The third kappa shape index (κ3) is 3.65. The first-order valence-electron chi connectivity index (χ1n) is 8.94. The van der Waals surface area contributed by atoms with Crippen LogP contribution in [0.5, 0.6) is 5.75 Å². The number of halogens is 1. The van der Waals surface area contributed by atoms with Gasteiger partial charge in [0, 0.05) is 42.8 Å². The highest BCUT2D eigenvalue weighted by Crippen LogP contribution is 2.25. The SMILES string of the molecule is FCCOCCOc1ccc(-c2cn3ccc(N4CCC4)cc3n2)cc1. The number of pyridine rings is 1. The molecule has 0 bridgehead atoms. The van der Waals surface area contributed by atoms with Crippen LogP contribution < -0.4 is 9.64 Å². The van der Waals surface area contributed by atoms with Crippen molar-refractivity contribution < 1.29 is 13.9 Å². The molecule has 4 rings (SSSR count). The third-order valence-electron chi connectivity index (χ3n) is 4.53. The van der Waals surface area contributed by atoms with Crippen LogP contribution in [0.3, 0.4) is 0 Å². The fourth-order valence-corrected chi connectivity index (χ4v) is 2.98. The van der Waals surface area contributed by atoms with Gasteiger partial charge in [-0.15, -0.1) is 0 Å². The topological polar surface area (TPSA) is 39.0 Å². The zero-order valence-corrected chi connectivity index (χ0v) is 14.6. The van der Waals surface area contributed by atoms with E-state index in [4.69, 9.17) is 14.5 Å². The van der Waals surface area contributed by atoms with Gasteiger partial charge in [0.05, 0.1) is 18.9 Å². The standard InChI is InChI=1S/C20H22FN3O2/c21-7-11-25-12-13-26-18-4-2-16(3-5-18)19-15-24-10-6-17(14-20(24)22-19)23-8-1-9-23/h2-6,10,14-15H,1,7-9,11-13H2. The summed E-state index contributed by atoms with van der Waals surface area (Å²) < 4.78 is 24.6. The van der Waals surface area contributed by atoms with Crippen LogP contribution in [-0.2, 0) is 4.74 Å². The van der Waals surface area contributed by atoms with Crippen LogP contribution in [0.1, 0.15) is 6.42 Å². The summed E-state index contributed by atoms with van der Waals surface area (Å²) in [5.41, 5.74) is 4.16. The van der Waals surface area contributed by atoms with E-state index in [9.17, 15) is 4.39 Å². The molecule has 1 aromatic carbocycles. The van der Waals surface area contributed by atoms with E-state index in [0.29, 0.717) is 13.2 Å². The Hall–Kier alpha value is -2.60. The number of alkyl halides is 1. The Bertz CT molecular complexity index is 859. The van der Waals surface area contributed by atoms with Crippen molar-refractivity contribution in [1.29, 1.82) is 0 Å². The Morgan fingerprint density at radius 1 is 1.04 bits per heavy atom. The molecule has 0 amide bonds.